The number of benzene rings is 2. The number of aliphatic imine (C=N–C) groups is 2. The number of hydrogen-bond acceptors (Lipinski definition) is 6. The Kier molecular flexibility index (Phi) is 5.44. The van der Waals surface area contributed by atoms with Crippen molar-refractivity contribution in [2.45, 2.75) is 0 Å². The van der Waals surface area contributed by atoms with E-state index in [0.29, 0.717) is 0 Å². The quantitative estimate of drug-likeness (QED) is 0.629. The Hall–Kier alpha value is -3.90. The molecule has 2 rings (SSSR count). The van der Waals surface area contributed by atoms with Gasteiger partial charge in [0.1, 0.15) is 12.1 Å². The fourth-order valence-electron chi connectivity index (χ4n) is 1.73. The summed E-state index contributed by atoms with van der Waals surface area (Å²) in [5.74, 6) is -0.498. The predicted molar refractivity (Wildman–Crippen MR) is 85.2 cm³/mol. The summed E-state index contributed by atoms with van der Waals surface area (Å²) in [5.41, 5.74) is 0.0774. The van der Waals surface area contributed by atoms with Gasteiger partial charge in [0.15, 0.2) is 11.4 Å². The van der Waals surface area contributed by atoms with E-state index >= 15 is 0 Å². The third kappa shape index (κ3) is 4.06. The van der Waals surface area contributed by atoms with Crippen molar-refractivity contribution in [3.8, 4) is 23.6 Å². The minimum absolute atomic E-state index is 0.249. The van der Waals surface area contributed by atoms with E-state index in [0.717, 1.165) is 0 Å². The predicted octanol–water partition coefficient (Wildman–Crippen LogP) is 1.63. The normalized spacial score (nSPS) is 11.9. The number of rotatable bonds is 4. The summed E-state index contributed by atoms with van der Waals surface area (Å²) < 4.78 is 0. The molecule has 0 amide bonds. The van der Waals surface area contributed by atoms with E-state index in [4.69, 9.17) is 10.5 Å². The molecule has 6 heteroatoms. The van der Waals surface area contributed by atoms with Crippen LogP contribution in [0.5, 0.6) is 11.5 Å². The monoisotopic (exact) mass is 314 g/mol. The maximum absolute atomic E-state index is 11.6. The molecule has 0 spiro atoms. The third-order valence-corrected chi connectivity index (χ3v) is 2.94. The highest BCUT2D eigenvalue weighted by Gasteiger charge is 2.03. The van der Waals surface area contributed by atoms with Crippen molar-refractivity contribution in [2.24, 2.45) is 9.98 Å². The van der Waals surface area contributed by atoms with Crippen LogP contribution in [0.15, 0.2) is 69.9 Å². The summed E-state index contributed by atoms with van der Waals surface area (Å²) in [7, 11) is 0. The molecule has 0 aliphatic carbocycles. The van der Waals surface area contributed by atoms with Gasteiger partial charge in [-0.05, 0) is 11.1 Å². The first-order chi connectivity index (χ1) is 11.7. The smallest absolute Gasteiger partial charge is 0.176 e. The second-order valence-electron chi connectivity index (χ2n) is 4.51. The van der Waals surface area contributed by atoms with Crippen LogP contribution in [-0.4, -0.2) is 12.4 Å². The van der Waals surface area contributed by atoms with Crippen molar-refractivity contribution < 1.29 is 10.2 Å². The van der Waals surface area contributed by atoms with Gasteiger partial charge in [-0.25, -0.2) is 9.98 Å². The van der Waals surface area contributed by atoms with E-state index in [1.165, 1.54) is 24.6 Å². The lowest BCUT2D eigenvalue weighted by Gasteiger charge is -2.08. The summed E-state index contributed by atoms with van der Waals surface area (Å²) in [6, 6.07) is 15.8. The highest BCUT2D eigenvalue weighted by atomic mass is 16.3. The molecule has 116 valence electrons. The zero-order valence-electron chi connectivity index (χ0n) is 12.4. The number of nitrogens with zero attached hydrogens (tertiary/aromatic N) is 4. The van der Waals surface area contributed by atoms with Gasteiger partial charge in [-0.3, -0.25) is 0 Å². The van der Waals surface area contributed by atoms with Gasteiger partial charge < -0.3 is 10.2 Å². The summed E-state index contributed by atoms with van der Waals surface area (Å²) in [6.07, 6.45) is 2.41. The molecule has 0 unspecified atom stereocenters. The first kappa shape index (κ1) is 16.5. The molecule has 0 saturated carbocycles. The fourth-order valence-corrected chi connectivity index (χ4v) is 1.73. The molecule has 0 aliphatic rings. The first-order valence-corrected chi connectivity index (χ1v) is 6.80. The lowest BCUT2D eigenvalue weighted by Crippen LogP contribution is -1.96. The van der Waals surface area contributed by atoms with Crippen LogP contribution < -0.4 is 10.2 Å². The number of hydrogen-bond donors (Lipinski definition) is 0. The van der Waals surface area contributed by atoms with E-state index in [1.807, 2.05) is 0 Å². The van der Waals surface area contributed by atoms with E-state index in [9.17, 15) is 10.2 Å². The largest absolute Gasteiger partial charge is 0.872 e. The van der Waals surface area contributed by atoms with Crippen LogP contribution >= 0.6 is 0 Å². The van der Waals surface area contributed by atoms with Crippen molar-refractivity contribution in [3.05, 3.63) is 71.1 Å². The Morgan fingerprint density at radius 3 is 1.46 bits per heavy atom. The van der Waals surface area contributed by atoms with Gasteiger partial charge in [0.05, 0.1) is 0 Å². The van der Waals surface area contributed by atoms with Gasteiger partial charge in [0.25, 0.3) is 0 Å². The van der Waals surface area contributed by atoms with Gasteiger partial charge in [0, 0.05) is 12.4 Å². The molecule has 0 radical (unpaired) electrons. The van der Waals surface area contributed by atoms with Crippen LogP contribution in [0.1, 0.15) is 11.1 Å². The van der Waals surface area contributed by atoms with Crippen LogP contribution in [0, 0.1) is 22.7 Å². The summed E-state index contributed by atoms with van der Waals surface area (Å²) in [6.45, 7) is 0. The highest BCUT2D eigenvalue weighted by Crippen LogP contribution is 2.13. The Labute approximate surface area is 138 Å². The first-order valence-electron chi connectivity index (χ1n) is 6.80. The molecule has 6 nitrogen and oxygen atoms in total. The maximum Gasteiger partial charge on any atom is 0.176 e. The minimum Gasteiger partial charge on any atom is -0.872 e. The molecule has 0 bridgehead atoms. The third-order valence-electron chi connectivity index (χ3n) is 2.94. The van der Waals surface area contributed by atoms with E-state index < -0.39 is 0 Å². The highest BCUT2D eigenvalue weighted by molar-refractivity contribution is 5.85. The van der Waals surface area contributed by atoms with Crippen molar-refractivity contribution in [1.82, 2.24) is 0 Å². The molecule has 0 atom stereocenters. The summed E-state index contributed by atoms with van der Waals surface area (Å²) in [5, 5.41) is 41.5. The minimum atomic E-state index is -0.250. The molecule has 0 aliphatic heterocycles. The van der Waals surface area contributed by atoms with Gasteiger partial charge in [-0.1, -0.05) is 48.5 Å². The molecule has 0 fully saturated rings. The lowest BCUT2D eigenvalue weighted by atomic mass is 10.2. The average molecular weight is 314 g/mol. The lowest BCUT2D eigenvalue weighted by molar-refractivity contribution is -0.269. The van der Waals surface area contributed by atoms with Gasteiger partial charge in [-0.15, -0.1) is 11.5 Å². The van der Waals surface area contributed by atoms with Gasteiger partial charge in [-0.2, -0.15) is 10.5 Å². The van der Waals surface area contributed by atoms with E-state index in [2.05, 4.69) is 9.98 Å². The Bertz CT molecular complexity index is 840. The van der Waals surface area contributed by atoms with Crippen molar-refractivity contribution in [3.63, 3.8) is 0 Å². The Morgan fingerprint density at radius 2 is 1.12 bits per heavy atom. The molecular weight excluding hydrogens is 304 g/mol. The molecule has 2 aromatic rings. The zero-order valence-corrected chi connectivity index (χ0v) is 12.4. The van der Waals surface area contributed by atoms with Crippen molar-refractivity contribution >= 4 is 12.4 Å². The molecule has 0 saturated heterocycles. The fraction of sp³-hybridized carbons (Fsp3) is 0. The molecule has 0 aromatic heterocycles. The van der Waals surface area contributed by atoms with Gasteiger partial charge in [0.2, 0.25) is 0 Å². The number of allylic oxidation sites excluding steroid dienone is 2. The van der Waals surface area contributed by atoms with Crippen LogP contribution in [0.4, 0.5) is 0 Å². The van der Waals surface area contributed by atoms with E-state index in [1.54, 1.807) is 48.5 Å². The Balaban J connectivity index is 2.34. The average Bonchev–Trinajstić information content (AvgIpc) is 2.60. The number of para-hydroxylation sites is 2. The van der Waals surface area contributed by atoms with Crippen LogP contribution in [0.3, 0.4) is 0 Å². The SMILES string of the molecule is N#C/C(N=Cc1ccccc1[O-])=C(\C#N)N=Cc1ccccc1[O-]. The van der Waals surface area contributed by atoms with Gasteiger partial charge >= 0.3 is 0 Å². The maximum atomic E-state index is 11.6. The van der Waals surface area contributed by atoms with Crippen LogP contribution in [0.2, 0.25) is 0 Å². The topological polar surface area (TPSA) is 118 Å². The molecule has 24 heavy (non-hydrogen) atoms. The summed E-state index contributed by atoms with van der Waals surface area (Å²) >= 11 is 0. The van der Waals surface area contributed by atoms with Crippen LogP contribution in [-0.2, 0) is 0 Å². The van der Waals surface area contributed by atoms with Crippen molar-refractivity contribution in [2.75, 3.05) is 0 Å². The van der Waals surface area contributed by atoms with Crippen molar-refractivity contribution in [1.29, 1.82) is 10.5 Å². The molecular formula is C18H10N4O2-2. The number of nitriles is 2. The molecule has 0 heterocycles. The standard InChI is InChI=1S/C18H12N4O2/c19-9-15(21-11-13-5-1-3-7-17(13)23)16(10-20)22-12-14-6-2-4-8-18(14)24/h1-8,11-12,23-24H/p-2/b16-15-,21-11?,22-12?. The Morgan fingerprint density at radius 1 is 0.750 bits per heavy atom. The van der Waals surface area contributed by atoms with Crippen LogP contribution in [0.25, 0.3) is 0 Å². The second-order valence-corrected chi connectivity index (χ2v) is 4.51. The molecule has 0 N–H and O–H groups in total. The second kappa shape index (κ2) is 7.92. The van der Waals surface area contributed by atoms with E-state index in [-0.39, 0.29) is 34.0 Å². The zero-order chi connectivity index (χ0) is 17.4. The molecule has 2 aromatic carbocycles. The summed E-state index contributed by atoms with van der Waals surface area (Å²) in [4.78, 5) is 7.72.